The van der Waals surface area contributed by atoms with Gasteiger partial charge in [-0.05, 0) is 66.4 Å². The van der Waals surface area contributed by atoms with E-state index in [2.05, 4.69) is 34.5 Å². The molecule has 1 aromatic heterocycles. The highest BCUT2D eigenvalue weighted by Gasteiger charge is 2.36. The number of rotatable bonds is 9. The zero-order chi connectivity index (χ0) is 28.4. The highest BCUT2D eigenvalue weighted by Crippen LogP contribution is 2.38. The lowest BCUT2D eigenvalue weighted by atomic mass is 9.95. The molecule has 0 spiro atoms. The molecule has 208 valence electrons. The van der Waals surface area contributed by atoms with Crippen LogP contribution in [0.2, 0.25) is 0 Å². The Morgan fingerprint density at radius 2 is 1.60 bits per heavy atom. The molecule has 4 aromatic rings. The van der Waals surface area contributed by atoms with Crippen molar-refractivity contribution in [3.05, 3.63) is 113 Å². The summed E-state index contributed by atoms with van der Waals surface area (Å²) in [7, 11) is 2.08. The van der Waals surface area contributed by atoms with E-state index in [1.165, 1.54) is 0 Å². The van der Waals surface area contributed by atoms with Gasteiger partial charge in [-0.2, -0.15) is 18.3 Å². The first-order valence-electron chi connectivity index (χ1n) is 13.1. The van der Waals surface area contributed by atoms with Crippen molar-refractivity contribution in [1.82, 2.24) is 14.7 Å². The highest BCUT2D eigenvalue weighted by atomic mass is 19.4. The molecule has 0 radical (unpaired) electrons. The van der Waals surface area contributed by atoms with Gasteiger partial charge in [-0.3, -0.25) is 9.69 Å². The molecule has 1 saturated carbocycles. The Kier molecular flexibility index (Phi) is 7.75. The van der Waals surface area contributed by atoms with Crippen LogP contribution in [0.15, 0.2) is 78.9 Å². The van der Waals surface area contributed by atoms with Crippen LogP contribution < -0.4 is 16.8 Å². The van der Waals surface area contributed by atoms with Crippen LogP contribution in [-0.4, -0.2) is 33.7 Å². The molecule has 1 atom stereocenters. The van der Waals surface area contributed by atoms with Gasteiger partial charge < -0.3 is 16.8 Å². The number of anilines is 1. The SMILES string of the molecule is CN(C1CC1)C(c1cccc(CN)c1)c1cccc(NC(=O)c2cc(C(F)(F)F)nn2-c2cccc(CN)c2)c1. The van der Waals surface area contributed by atoms with Crippen molar-refractivity contribution in [3.8, 4) is 5.69 Å². The number of alkyl halides is 3. The van der Waals surface area contributed by atoms with E-state index in [-0.39, 0.29) is 18.3 Å². The molecular weight excluding hydrogens is 517 g/mol. The Bertz CT molecular complexity index is 1510. The number of nitrogens with two attached hydrogens (primary N) is 2. The maximum absolute atomic E-state index is 13.6. The zero-order valence-corrected chi connectivity index (χ0v) is 22.0. The molecule has 10 heteroatoms. The number of halogens is 3. The number of benzene rings is 3. The van der Waals surface area contributed by atoms with E-state index in [1.807, 2.05) is 30.3 Å². The Morgan fingerprint density at radius 1 is 0.975 bits per heavy atom. The van der Waals surface area contributed by atoms with E-state index in [9.17, 15) is 18.0 Å². The van der Waals surface area contributed by atoms with Crippen LogP contribution in [0.25, 0.3) is 5.69 Å². The average Bonchev–Trinajstić information content (AvgIpc) is 3.70. The molecule has 1 fully saturated rings. The summed E-state index contributed by atoms with van der Waals surface area (Å²) in [6.07, 6.45) is -2.50. The summed E-state index contributed by atoms with van der Waals surface area (Å²) in [6.45, 7) is 0.617. The first kappa shape index (κ1) is 27.6. The molecule has 0 saturated heterocycles. The summed E-state index contributed by atoms with van der Waals surface area (Å²) in [6, 6.07) is 23.2. The van der Waals surface area contributed by atoms with Gasteiger partial charge >= 0.3 is 6.18 Å². The van der Waals surface area contributed by atoms with Crippen LogP contribution >= 0.6 is 0 Å². The average molecular weight is 549 g/mol. The van der Waals surface area contributed by atoms with Crippen molar-refractivity contribution in [1.29, 1.82) is 0 Å². The Hall–Kier alpha value is -3.99. The maximum Gasteiger partial charge on any atom is 0.435 e. The van der Waals surface area contributed by atoms with Crippen molar-refractivity contribution < 1.29 is 18.0 Å². The van der Waals surface area contributed by atoms with Crippen molar-refractivity contribution in [2.45, 2.75) is 44.2 Å². The predicted octanol–water partition coefficient (Wildman–Crippen LogP) is 5.24. The number of amides is 1. The topological polar surface area (TPSA) is 102 Å². The lowest BCUT2D eigenvalue weighted by Crippen LogP contribution is -2.28. The first-order valence-corrected chi connectivity index (χ1v) is 13.1. The van der Waals surface area contributed by atoms with Gasteiger partial charge in [0.2, 0.25) is 0 Å². The van der Waals surface area contributed by atoms with Crippen molar-refractivity contribution in [2.24, 2.45) is 11.5 Å². The van der Waals surface area contributed by atoms with Crippen molar-refractivity contribution in [2.75, 3.05) is 12.4 Å². The number of hydrogen-bond acceptors (Lipinski definition) is 5. The van der Waals surface area contributed by atoms with Gasteiger partial charge in [0.1, 0.15) is 5.69 Å². The summed E-state index contributed by atoms with van der Waals surface area (Å²) in [5, 5.41) is 6.50. The summed E-state index contributed by atoms with van der Waals surface area (Å²) in [5.74, 6) is -0.712. The van der Waals surface area contributed by atoms with Crippen LogP contribution in [0, 0.1) is 0 Å². The van der Waals surface area contributed by atoms with Gasteiger partial charge in [-0.15, -0.1) is 0 Å². The highest BCUT2D eigenvalue weighted by molar-refractivity contribution is 6.03. The molecule has 1 aliphatic rings. The minimum Gasteiger partial charge on any atom is -0.326 e. The van der Waals surface area contributed by atoms with Gasteiger partial charge in [0.15, 0.2) is 5.69 Å². The van der Waals surface area contributed by atoms with Crippen molar-refractivity contribution in [3.63, 3.8) is 0 Å². The second kappa shape index (κ2) is 11.2. The number of carbonyl (C=O) groups is 1. The molecule has 3 aromatic carbocycles. The molecule has 1 heterocycles. The lowest BCUT2D eigenvalue weighted by Gasteiger charge is -2.29. The smallest absolute Gasteiger partial charge is 0.326 e. The molecule has 7 nitrogen and oxygen atoms in total. The lowest BCUT2D eigenvalue weighted by molar-refractivity contribution is -0.141. The van der Waals surface area contributed by atoms with E-state index in [4.69, 9.17) is 11.5 Å². The minimum atomic E-state index is -4.72. The fourth-order valence-corrected chi connectivity index (χ4v) is 4.92. The molecule has 1 unspecified atom stereocenters. The summed E-state index contributed by atoms with van der Waals surface area (Å²) in [5.41, 5.74) is 14.7. The number of carbonyl (C=O) groups excluding carboxylic acids is 1. The van der Waals surface area contributed by atoms with Gasteiger partial charge in [0, 0.05) is 30.9 Å². The second-order valence-corrected chi connectivity index (χ2v) is 10.0. The maximum atomic E-state index is 13.6. The quantitative estimate of drug-likeness (QED) is 0.265. The van der Waals surface area contributed by atoms with E-state index in [0.29, 0.717) is 29.5 Å². The number of nitrogens with one attached hydrogen (secondary N) is 1. The Morgan fingerprint density at radius 3 is 2.25 bits per heavy atom. The summed E-state index contributed by atoms with van der Waals surface area (Å²) in [4.78, 5) is 15.7. The van der Waals surface area contributed by atoms with Gasteiger partial charge in [-0.1, -0.05) is 48.5 Å². The molecule has 1 aliphatic carbocycles. The molecule has 0 bridgehead atoms. The third-order valence-corrected chi connectivity index (χ3v) is 7.12. The van der Waals surface area contributed by atoms with Gasteiger partial charge in [0.25, 0.3) is 5.91 Å². The molecule has 5 N–H and O–H groups in total. The van der Waals surface area contributed by atoms with Crippen LogP contribution in [0.4, 0.5) is 18.9 Å². The Balaban J connectivity index is 1.49. The first-order chi connectivity index (χ1) is 19.2. The zero-order valence-electron chi connectivity index (χ0n) is 22.0. The van der Waals surface area contributed by atoms with E-state index in [0.717, 1.165) is 40.3 Å². The molecule has 40 heavy (non-hydrogen) atoms. The van der Waals surface area contributed by atoms with E-state index >= 15 is 0 Å². The number of hydrogen-bond donors (Lipinski definition) is 3. The largest absolute Gasteiger partial charge is 0.435 e. The van der Waals surface area contributed by atoms with Gasteiger partial charge in [-0.25, -0.2) is 4.68 Å². The normalized spacial score (nSPS) is 14.4. The number of nitrogens with zero attached hydrogens (tertiary/aromatic N) is 3. The fraction of sp³-hybridized carbons (Fsp3) is 0.267. The third-order valence-electron chi connectivity index (χ3n) is 7.12. The van der Waals surface area contributed by atoms with Crippen LogP contribution in [-0.2, 0) is 19.3 Å². The standard InChI is InChI=1S/C30H31F3N6O/c1-38(24-11-12-24)28(21-7-2-5-19(13-21)17-34)22-8-4-9-23(15-22)36-29(40)26-16-27(30(31,32)33)37-39(26)25-10-3-6-20(14-25)18-35/h2-10,13-16,24,28H,11-12,17-18,34-35H2,1H3,(H,36,40). The van der Waals surface area contributed by atoms with Crippen LogP contribution in [0.1, 0.15) is 57.3 Å². The monoisotopic (exact) mass is 548 g/mol. The minimum absolute atomic E-state index is 0.0859. The summed E-state index contributed by atoms with van der Waals surface area (Å²) >= 11 is 0. The summed E-state index contributed by atoms with van der Waals surface area (Å²) < 4.78 is 41.8. The van der Waals surface area contributed by atoms with E-state index < -0.39 is 17.8 Å². The molecule has 0 aliphatic heterocycles. The fourth-order valence-electron chi connectivity index (χ4n) is 4.92. The van der Waals surface area contributed by atoms with E-state index in [1.54, 1.807) is 30.3 Å². The van der Waals surface area contributed by atoms with Crippen LogP contribution in [0.3, 0.4) is 0 Å². The van der Waals surface area contributed by atoms with Crippen LogP contribution in [0.5, 0.6) is 0 Å². The van der Waals surface area contributed by atoms with Crippen molar-refractivity contribution >= 4 is 11.6 Å². The molecule has 5 rings (SSSR count). The third kappa shape index (κ3) is 5.94. The molecule has 1 amide bonds. The second-order valence-electron chi connectivity index (χ2n) is 10.0. The van der Waals surface area contributed by atoms with Gasteiger partial charge in [0.05, 0.1) is 11.7 Å². The predicted molar refractivity (Wildman–Crippen MR) is 148 cm³/mol. The Labute approximate surface area is 230 Å². The molecular formula is C30H31F3N6O. The number of aromatic nitrogens is 2.